The summed E-state index contributed by atoms with van der Waals surface area (Å²) in [6.45, 7) is -1.02. The van der Waals surface area contributed by atoms with Crippen molar-refractivity contribution < 1.29 is 63.2 Å². The molecule has 41 heavy (non-hydrogen) atoms. The second-order valence-corrected chi connectivity index (χ2v) is 9.53. The summed E-state index contributed by atoms with van der Waals surface area (Å²) in [7, 11) is 0. The Morgan fingerprint density at radius 3 is 2.20 bits per heavy atom. The van der Waals surface area contributed by atoms with Gasteiger partial charge in [-0.1, -0.05) is 30.7 Å². The minimum Gasteiger partial charge on any atom is -0.489 e. The highest BCUT2D eigenvalue weighted by atomic mass is 19.4. The molecule has 2 aromatic carbocycles. The summed E-state index contributed by atoms with van der Waals surface area (Å²) in [6, 6.07) is 9.96. The van der Waals surface area contributed by atoms with E-state index in [-0.39, 0.29) is 31.6 Å². The number of halogens is 10. The lowest BCUT2D eigenvalue weighted by Crippen LogP contribution is -2.43. The first-order valence-electron chi connectivity index (χ1n) is 12.4. The number of alkyl halides is 10. The van der Waals surface area contributed by atoms with Crippen LogP contribution in [0, 0.1) is 5.92 Å². The van der Waals surface area contributed by atoms with Crippen molar-refractivity contribution in [2.45, 2.75) is 75.6 Å². The molecule has 2 N–H and O–H groups in total. The first-order chi connectivity index (χ1) is 19.0. The van der Waals surface area contributed by atoms with Crippen LogP contribution in [-0.2, 0) is 11.3 Å². The van der Waals surface area contributed by atoms with Crippen molar-refractivity contribution in [3.8, 4) is 11.5 Å². The quantitative estimate of drug-likeness (QED) is 0.251. The van der Waals surface area contributed by atoms with Crippen molar-refractivity contribution in [2.24, 2.45) is 5.92 Å². The van der Waals surface area contributed by atoms with E-state index in [0.29, 0.717) is 17.5 Å². The van der Waals surface area contributed by atoms with Crippen molar-refractivity contribution >= 4 is 0 Å². The van der Waals surface area contributed by atoms with Gasteiger partial charge in [-0.3, -0.25) is 0 Å². The first-order valence-corrected chi connectivity index (χ1v) is 12.4. The molecule has 5 nitrogen and oxygen atoms in total. The van der Waals surface area contributed by atoms with Crippen molar-refractivity contribution in [1.82, 2.24) is 5.32 Å². The monoisotopic (exact) mass is 607 g/mol. The molecular formula is C26H27F10NO4. The van der Waals surface area contributed by atoms with E-state index in [1.54, 1.807) is 0 Å². The lowest BCUT2D eigenvalue weighted by Gasteiger charge is -2.37. The summed E-state index contributed by atoms with van der Waals surface area (Å²) < 4.78 is 142. The number of aliphatic hydroxyl groups excluding tert-OH is 1. The maximum atomic E-state index is 13.5. The Kier molecular flexibility index (Phi) is 10.7. The highest BCUT2D eigenvalue weighted by Crippen LogP contribution is 2.39. The minimum absolute atomic E-state index is 0.0483. The van der Waals surface area contributed by atoms with Gasteiger partial charge in [0.2, 0.25) is 0 Å². The third-order valence-electron chi connectivity index (χ3n) is 6.40. The van der Waals surface area contributed by atoms with Gasteiger partial charge in [0.1, 0.15) is 18.1 Å². The standard InChI is InChI=1S/C26H27F10NO4/c27-23(28)25(32,33)40-20-6-2-4-17(12-20)22(37-13-21(38)24(29,30)31)16-3-1-5-19(11-16)39-14-15-7-9-18(10-8-15)41-26(34,35)36/h1,3,5,7-11,17,20-23,37-38H,2,4,6,12-14H2. The van der Waals surface area contributed by atoms with Gasteiger partial charge in [-0.2, -0.15) is 22.0 Å². The molecule has 0 bridgehead atoms. The number of aliphatic hydroxyl groups is 1. The van der Waals surface area contributed by atoms with Crippen LogP contribution in [0.3, 0.4) is 0 Å². The predicted octanol–water partition coefficient (Wildman–Crippen LogP) is 7.15. The molecule has 3 rings (SSSR count). The number of nitrogens with one attached hydrogen (secondary N) is 1. The zero-order chi connectivity index (χ0) is 30.4. The summed E-state index contributed by atoms with van der Waals surface area (Å²) in [5.41, 5.74) is 0.845. The third-order valence-corrected chi connectivity index (χ3v) is 6.40. The SMILES string of the molecule is OC(CNC(c1cccc(OCc2ccc(OC(F)(F)F)cc2)c1)C1CCCC(OC(F)(F)C(F)F)C1)C(F)(F)F. The highest BCUT2D eigenvalue weighted by molar-refractivity contribution is 5.32. The van der Waals surface area contributed by atoms with Gasteiger partial charge in [0, 0.05) is 12.6 Å². The third kappa shape index (κ3) is 10.2. The molecule has 0 aliphatic heterocycles. The van der Waals surface area contributed by atoms with Gasteiger partial charge < -0.3 is 24.6 Å². The van der Waals surface area contributed by atoms with Gasteiger partial charge in [-0.05, 0) is 60.6 Å². The molecular weight excluding hydrogens is 580 g/mol. The topological polar surface area (TPSA) is 60.0 Å². The maximum absolute atomic E-state index is 13.5. The summed E-state index contributed by atoms with van der Waals surface area (Å²) in [6.07, 6.45) is -22.0. The molecule has 0 saturated heterocycles. The molecule has 2 aromatic rings. The van der Waals surface area contributed by atoms with Crippen molar-refractivity contribution in [3.63, 3.8) is 0 Å². The van der Waals surface area contributed by atoms with Crippen LogP contribution in [0.2, 0.25) is 0 Å². The summed E-state index contributed by atoms with van der Waals surface area (Å²) in [5.74, 6) is -0.826. The van der Waals surface area contributed by atoms with E-state index in [9.17, 15) is 49.0 Å². The smallest absolute Gasteiger partial charge is 0.489 e. The number of rotatable bonds is 12. The molecule has 15 heteroatoms. The fraction of sp³-hybridized carbons (Fsp3) is 0.538. The Morgan fingerprint density at radius 2 is 1.59 bits per heavy atom. The molecule has 0 heterocycles. The second kappa shape index (κ2) is 13.5. The average molecular weight is 607 g/mol. The van der Waals surface area contributed by atoms with Gasteiger partial charge in [0.05, 0.1) is 6.10 Å². The van der Waals surface area contributed by atoms with Crippen LogP contribution in [0.4, 0.5) is 43.9 Å². The predicted molar refractivity (Wildman–Crippen MR) is 124 cm³/mol. The Labute approximate surface area is 228 Å². The van der Waals surface area contributed by atoms with E-state index in [4.69, 9.17) is 4.74 Å². The van der Waals surface area contributed by atoms with Gasteiger partial charge >= 0.3 is 25.1 Å². The van der Waals surface area contributed by atoms with Crippen LogP contribution in [0.15, 0.2) is 48.5 Å². The fourth-order valence-corrected chi connectivity index (χ4v) is 4.53. The van der Waals surface area contributed by atoms with E-state index >= 15 is 0 Å². The summed E-state index contributed by atoms with van der Waals surface area (Å²) in [4.78, 5) is 0. The van der Waals surface area contributed by atoms with Gasteiger partial charge in [-0.15, -0.1) is 13.2 Å². The van der Waals surface area contributed by atoms with Crippen molar-refractivity contribution in [2.75, 3.05) is 6.54 Å². The summed E-state index contributed by atoms with van der Waals surface area (Å²) >= 11 is 0. The Balaban J connectivity index is 1.75. The Hall–Kier alpha value is -2.78. The number of benzene rings is 2. The van der Waals surface area contributed by atoms with E-state index in [1.807, 2.05) is 0 Å². The second-order valence-electron chi connectivity index (χ2n) is 9.53. The molecule has 1 aliphatic rings. The van der Waals surface area contributed by atoms with Crippen LogP contribution in [0.1, 0.15) is 42.9 Å². The normalized spacial score (nSPS) is 20.1. The van der Waals surface area contributed by atoms with E-state index in [0.717, 1.165) is 12.1 Å². The van der Waals surface area contributed by atoms with E-state index < -0.39 is 61.5 Å². The lowest BCUT2D eigenvalue weighted by molar-refractivity contribution is -0.322. The summed E-state index contributed by atoms with van der Waals surface area (Å²) in [5, 5.41) is 12.1. The molecule has 1 aliphatic carbocycles. The van der Waals surface area contributed by atoms with Crippen LogP contribution >= 0.6 is 0 Å². The van der Waals surface area contributed by atoms with Crippen LogP contribution in [-0.4, -0.2) is 48.9 Å². The molecule has 1 fully saturated rings. The van der Waals surface area contributed by atoms with Gasteiger partial charge in [0.25, 0.3) is 0 Å². The van der Waals surface area contributed by atoms with E-state index in [2.05, 4.69) is 14.8 Å². The Morgan fingerprint density at radius 1 is 0.902 bits per heavy atom. The van der Waals surface area contributed by atoms with Gasteiger partial charge in [-0.25, -0.2) is 8.78 Å². The molecule has 0 radical (unpaired) electrons. The molecule has 4 unspecified atom stereocenters. The number of hydrogen-bond donors (Lipinski definition) is 2. The van der Waals surface area contributed by atoms with Crippen LogP contribution in [0.25, 0.3) is 0 Å². The number of ether oxygens (including phenoxy) is 3. The highest BCUT2D eigenvalue weighted by Gasteiger charge is 2.46. The van der Waals surface area contributed by atoms with Crippen molar-refractivity contribution in [3.05, 3.63) is 59.7 Å². The maximum Gasteiger partial charge on any atom is 0.573 e. The van der Waals surface area contributed by atoms with Gasteiger partial charge in [0.15, 0.2) is 6.10 Å². The molecule has 0 spiro atoms. The molecule has 1 saturated carbocycles. The van der Waals surface area contributed by atoms with E-state index in [1.165, 1.54) is 36.4 Å². The zero-order valence-corrected chi connectivity index (χ0v) is 21.2. The molecule has 230 valence electrons. The molecule has 0 aromatic heterocycles. The zero-order valence-electron chi connectivity index (χ0n) is 21.2. The van der Waals surface area contributed by atoms with Crippen molar-refractivity contribution in [1.29, 1.82) is 0 Å². The van der Waals surface area contributed by atoms with Crippen LogP contribution in [0.5, 0.6) is 11.5 Å². The largest absolute Gasteiger partial charge is 0.573 e. The molecule has 0 amide bonds. The number of hydrogen-bond acceptors (Lipinski definition) is 5. The first kappa shape index (κ1) is 32.7. The minimum atomic E-state index is -4.93. The van der Waals surface area contributed by atoms with Crippen LogP contribution < -0.4 is 14.8 Å². The average Bonchev–Trinajstić information content (AvgIpc) is 2.87. The fourth-order valence-electron chi connectivity index (χ4n) is 4.53. The lowest BCUT2D eigenvalue weighted by atomic mass is 9.79. The molecule has 4 atom stereocenters. The Bertz CT molecular complexity index is 1090.